The van der Waals surface area contributed by atoms with E-state index in [1.165, 1.54) is 17.5 Å². The highest BCUT2D eigenvalue weighted by atomic mass is 16.5. The first kappa shape index (κ1) is 20.9. The Balaban J connectivity index is 1.72. The highest BCUT2D eigenvalue weighted by Gasteiger charge is 2.67. The largest absolute Gasteiger partial charge is 0.388 e. The zero-order valence-corrected chi connectivity index (χ0v) is 19.4. The van der Waals surface area contributed by atoms with Gasteiger partial charge >= 0.3 is 0 Å². The molecule has 4 fully saturated rings. The molecule has 2 aromatic rings. The van der Waals surface area contributed by atoms with Crippen LogP contribution in [-0.4, -0.2) is 0 Å². The molecule has 164 valence electrons. The smallest absolute Gasteiger partial charge is 0.292 e. The van der Waals surface area contributed by atoms with Crippen molar-refractivity contribution in [1.82, 2.24) is 0 Å². The van der Waals surface area contributed by atoms with Crippen molar-refractivity contribution in [3.8, 4) is 24.0 Å². The molecular formula is C28H30N2O2. The van der Waals surface area contributed by atoms with E-state index in [1.807, 2.05) is 38.5 Å². The van der Waals surface area contributed by atoms with Crippen LogP contribution in [0.3, 0.4) is 0 Å². The van der Waals surface area contributed by atoms with Gasteiger partial charge in [0, 0.05) is 22.0 Å². The van der Waals surface area contributed by atoms with Gasteiger partial charge in [-0.05, 0) is 86.5 Å². The van der Waals surface area contributed by atoms with Crippen LogP contribution in [-0.2, 0) is 10.8 Å². The summed E-state index contributed by atoms with van der Waals surface area (Å²) in [7, 11) is 0. The molecule has 4 saturated carbocycles. The van der Waals surface area contributed by atoms with Gasteiger partial charge in [-0.1, -0.05) is 38.1 Å². The third-order valence-corrected chi connectivity index (χ3v) is 8.32. The van der Waals surface area contributed by atoms with Gasteiger partial charge in [-0.3, -0.25) is 0 Å². The molecule has 0 heterocycles. The number of hydrogen-bond donors (Lipinski definition) is 0. The van der Waals surface area contributed by atoms with Gasteiger partial charge in [0.15, 0.2) is 0 Å². The Hall–Kier alpha value is -2.98. The minimum Gasteiger partial charge on any atom is -0.388 e. The summed E-state index contributed by atoms with van der Waals surface area (Å²) in [6.07, 6.45) is 10.4. The van der Waals surface area contributed by atoms with Crippen molar-refractivity contribution in [3.05, 3.63) is 58.7 Å². The van der Waals surface area contributed by atoms with Crippen LogP contribution in [0.15, 0.2) is 36.4 Å². The second-order valence-electron chi connectivity index (χ2n) is 11.6. The Morgan fingerprint density at radius 2 is 1.06 bits per heavy atom. The molecule has 6 rings (SSSR count). The van der Waals surface area contributed by atoms with Gasteiger partial charge in [-0.25, -0.2) is 0 Å². The Morgan fingerprint density at radius 3 is 1.44 bits per heavy atom. The molecule has 4 bridgehead atoms. The molecule has 0 radical (unpaired) electrons. The van der Waals surface area contributed by atoms with Crippen molar-refractivity contribution in [2.75, 3.05) is 0 Å². The van der Waals surface area contributed by atoms with Crippen LogP contribution >= 0.6 is 0 Å². The molecule has 4 aliphatic carbocycles. The zero-order chi connectivity index (χ0) is 22.8. The van der Waals surface area contributed by atoms with E-state index < -0.39 is 0 Å². The highest BCUT2D eigenvalue weighted by molar-refractivity contribution is 5.51. The predicted molar refractivity (Wildman–Crippen MR) is 122 cm³/mol. The van der Waals surface area contributed by atoms with Gasteiger partial charge in [0.25, 0.3) is 12.5 Å². The number of nitriles is 2. The van der Waals surface area contributed by atoms with E-state index in [9.17, 15) is 10.5 Å². The number of rotatable bonds is 4. The van der Waals surface area contributed by atoms with Gasteiger partial charge < -0.3 is 9.47 Å². The topological polar surface area (TPSA) is 66.0 Å². The van der Waals surface area contributed by atoms with Crippen LogP contribution in [0.25, 0.3) is 0 Å². The summed E-state index contributed by atoms with van der Waals surface area (Å²) in [6.45, 7) is 8.94. The van der Waals surface area contributed by atoms with Crippen molar-refractivity contribution in [3.63, 3.8) is 0 Å². The number of hydrogen-bond acceptors (Lipinski definition) is 4. The van der Waals surface area contributed by atoms with E-state index >= 15 is 0 Å². The Kier molecular flexibility index (Phi) is 4.41. The van der Waals surface area contributed by atoms with Crippen LogP contribution in [0, 0.1) is 47.7 Å². The molecule has 4 nitrogen and oxygen atoms in total. The molecule has 0 N–H and O–H groups in total. The van der Waals surface area contributed by atoms with Crippen LogP contribution < -0.4 is 9.47 Å². The zero-order valence-electron chi connectivity index (χ0n) is 19.4. The summed E-state index contributed by atoms with van der Waals surface area (Å²) < 4.78 is 11.1. The third kappa shape index (κ3) is 3.08. The Bertz CT molecular complexity index is 1080. The molecule has 4 heteroatoms. The van der Waals surface area contributed by atoms with Crippen LogP contribution in [0.1, 0.15) is 74.6 Å². The first-order valence-corrected chi connectivity index (χ1v) is 11.5. The summed E-state index contributed by atoms with van der Waals surface area (Å²) in [5.74, 6) is 1.41. The molecule has 0 aliphatic heterocycles. The van der Waals surface area contributed by atoms with E-state index in [2.05, 4.69) is 38.1 Å². The van der Waals surface area contributed by atoms with Gasteiger partial charge in [0.1, 0.15) is 11.5 Å². The average Bonchev–Trinajstić information content (AvgIpc) is 2.65. The number of benzene rings is 2. The molecule has 0 aromatic heterocycles. The Labute approximate surface area is 190 Å². The number of ether oxygens (including phenoxy) is 2. The molecule has 2 aromatic carbocycles. The SMILES string of the molecule is Cc1ccc(C23CC4(C)CC(C)(C2)CC(c2ccc(C)cc2OC#N)(C4)C3)c(OC#N)c1. The van der Waals surface area contributed by atoms with Gasteiger partial charge in [-0.15, -0.1) is 10.5 Å². The molecule has 0 spiro atoms. The minimum atomic E-state index is -0.0626. The fourth-order valence-corrected chi connectivity index (χ4v) is 8.67. The lowest BCUT2D eigenvalue weighted by Crippen LogP contribution is -2.62. The standard InChI is InChI=1S/C28H30N2O2/c1-19-5-7-21(23(9-19)31-17-29)27-12-25(3)11-26(4,13-27)15-28(14-25,16-27)22-8-6-20(2)10-24(22)32-18-30/h5-10H,11-16H2,1-4H3. The number of aryl methyl sites for hydroxylation is 2. The lowest BCUT2D eigenvalue weighted by atomic mass is 9.34. The predicted octanol–water partition coefficient (Wildman–Crippen LogP) is 6.59. The fraction of sp³-hybridized carbons (Fsp3) is 0.500. The molecule has 0 saturated heterocycles. The quantitative estimate of drug-likeness (QED) is 0.517. The summed E-state index contributed by atoms with van der Waals surface area (Å²) in [6, 6.07) is 12.7. The molecular weight excluding hydrogens is 396 g/mol. The molecule has 0 unspecified atom stereocenters. The summed E-state index contributed by atoms with van der Waals surface area (Å²) in [5, 5.41) is 18.7. The summed E-state index contributed by atoms with van der Waals surface area (Å²) in [4.78, 5) is 0. The highest BCUT2D eigenvalue weighted by Crippen LogP contribution is 2.75. The second kappa shape index (κ2) is 6.76. The Morgan fingerprint density at radius 1 is 0.656 bits per heavy atom. The van der Waals surface area contributed by atoms with Crippen molar-refractivity contribution < 1.29 is 9.47 Å². The fourth-order valence-electron chi connectivity index (χ4n) is 8.67. The molecule has 0 atom stereocenters. The van der Waals surface area contributed by atoms with Crippen LogP contribution in [0.2, 0.25) is 0 Å². The lowest BCUT2D eigenvalue weighted by Gasteiger charge is -2.70. The molecule has 32 heavy (non-hydrogen) atoms. The maximum atomic E-state index is 9.35. The van der Waals surface area contributed by atoms with E-state index in [0.717, 1.165) is 43.2 Å². The molecule has 0 amide bonds. The normalized spacial score (nSPS) is 34.6. The van der Waals surface area contributed by atoms with Crippen molar-refractivity contribution in [1.29, 1.82) is 10.5 Å². The first-order valence-electron chi connectivity index (χ1n) is 11.5. The maximum Gasteiger partial charge on any atom is 0.292 e. The first-order chi connectivity index (χ1) is 15.1. The summed E-state index contributed by atoms with van der Waals surface area (Å²) in [5.41, 5.74) is 4.78. The second-order valence-corrected chi connectivity index (χ2v) is 11.6. The van der Waals surface area contributed by atoms with E-state index in [1.54, 1.807) is 0 Å². The average molecular weight is 427 g/mol. The van der Waals surface area contributed by atoms with Crippen molar-refractivity contribution in [2.45, 2.75) is 77.0 Å². The lowest BCUT2D eigenvalue weighted by molar-refractivity contribution is -0.127. The third-order valence-electron chi connectivity index (χ3n) is 8.32. The van der Waals surface area contributed by atoms with Crippen LogP contribution in [0.4, 0.5) is 0 Å². The monoisotopic (exact) mass is 426 g/mol. The van der Waals surface area contributed by atoms with E-state index in [0.29, 0.717) is 11.5 Å². The van der Waals surface area contributed by atoms with Crippen molar-refractivity contribution in [2.24, 2.45) is 10.8 Å². The van der Waals surface area contributed by atoms with Crippen LogP contribution in [0.5, 0.6) is 11.5 Å². The minimum absolute atomic E-state index is 0.0626. The number of nitrogens with zero attached hydrogens (tertiary/aromatic N) is 2. The van der Waals surface area contributed by atoms with E-state index in [-0.39, 0.29) is 21.7 Å². The molecule has 4 aliphatic rings. The van der Waals surface area contributed by atoms with Crippen molar-refractivity contribution >= 4 is 0 Å². The van der Waals surface area contributed by atoms with Gasteiger partial charge in [-0.2, -0.15) is 0 Å². The van der Waals surface area contributed by atoms with Gasteiger partial charge in [0.2, 0.25) is 0 Å². The summed E-state index contributed by atoms with van der Waals surface area (Å²) >= 11 is 0. The maximum absolute atomic E-state index is 9.35. The van der Waals surface area contributed by atoms with E-state index in [4.69, 9.17) is 9.47 Å². The van der Waals surface area contributed by atoms with Gasteiger partial charge in [0.05, 0.1) is 0 Å².